The predicted molar refractivity (Wildman–Crippen MR) is 162 cm³/mol. The zero-order valence-electron chi connectivity index (χ0n) is 23.6. The van der Waals surface area contributed by atoms with Gasteiger partial charge in [-0.1, -0.05) is 78.9 Å². The van der Waals surface area contributed by atoms with Gasteiger partial charge in [0.2, 0.25) is 5.91 Å². The Morgan fingerprint density at radius 1 is 0.974 bits per heavy atom. The topological polar surface area (TPSA) is 45.6 Å². The van der Waals surface area contributed by atoms with Crippen molar-refractivity contribution in [1.29, 1.82) is 0 Å². The van der Waals surface area contributed by atoms with Crippen molar-refractivity contribution in [1.82, 2.24) is 14.4 Å². The summed E-state index contributed by atoms with van der Waals surface area (Å²) in [5, 5.41) is 0. The average molecular weight is 593 g/mol. The van der Waals surface area contributed by atoms with Crippen molar-refractivity contribution >= 4 is 27.7 Å². The van der Waals surface area contributed by atoms with E-state index in [0.717, 1.165) is 54.4 Å². The molecule has 1 aliphatic rings. The van der Waals surface area contributed by atoms with Gasteiger partial charge in [0.15, 0.2) is 0 Å². The van der Waals surface area contributed by atoms with Gasteiger partial charge in [-0.05, 0) is 74.1 Å². The van der Waals surface area contributed by atoms with Gasteiger partial charge >= 0.3 is 0 Å². The maximum absolute atomic E-state index is 14.0. The molecule has 3 aromatic rings. The van der Waals surface area contributed by atoms with Crippen LogP contribution in [0.4, 0.5) is 0 Å². The molecule has 1 aliphatic carbocycles. The minimum Gasteiger partial charge on any atom is -0.345 e. The Bertz CT molecular complexity index is 1210. The zero-order chi connectivity index (χ0) is 27.8. The highest BCUT2D eigenvalue weighted by atomic mass is 79.9. The van der Waals surface area contributed by atoms with Crippen LogP contribution in [0.3, 0.4) is 0 Å². The van der Waals surface area contributed by atoms with Gasteiger partial charge in [0, 0.05) is 41.1 Å². The molecule has 5 nitrogen and oxygen atoms in total. The quantitative estimate of drug-likeness (QED) is 0.232. The molecule has 1 fully saturated rings. The summed E-state index contributed by atoms with van der Waals surface area (Å²) in [5.41, 5.74) is 4.10. The SMILES string of the molecule is Cc1ccc(C(=O)N(CCC(C)C)CC(=O)N(Cc2cccn2Cc2ccc(Br)cc2)C2CCCCC2)cc1. The molecule has 0 aliphatic heterocycles. The lowest BCUT2D eigenvalue weighted by molar-refractivity contribution is -0.135. The smallest absolute Gasteiger partial charge is 0.254 e. The number of aromatic nitrogens is 1. The van der Waals surface area contributed by atoms with E-state index in [4.69, 9.17) is 0 Å². The summed E-state index contributed by atoms with van der Waals surface area (Å²) in [4.78, 5) is 31.4. The van der Waals surface area contributed by atoms with Crippen molar-refractivity contribution in [3.05, 3.63) is 93.7 Å². The third-order valence-electron chi connectivity index (χ3n) is 7.75. The third-order valence-corrected chi connectivity index (χ3v) is 8.27. The molecule has 1 saturated carbocycles. The minimum absolute atomic E-state index is 0.0440. The number of carbonyl (C=O) groups excluding carboxylic acids is 2. The number of hydrogen-bond donors (Lipinski definition) is 0. The van der Waals surface area contributed by atoms with E-state index >= 15 is 0 Å². The van der Waals surface area contributed by atoms with Gasteiger partial charge in [-0.25, -0.2) is 0 Å². The second kappa shape index (κ2) is 14.0. The molecule has 208 valence electrons. The van der Waals surface area contributed by atoms with Gasteiger partial charge in [-0.15, -0.1) is 0 Å². The van der Waals surface area contributed by atoms with Gasteiger partial charge in [0.05, 0.1) is 6.54 Å². The van der Waals surface area contributed by atoms with E-state index in [-0.39, 0.29) is 24.4 Å². The standard InChI is InChI=1S/C33H42BrN3O2/c1-25(2)19-21-36(33(39)28-15-11-26(3)12-16-28)24-32(38)37(30-8-5-4-6-9-30)23-31-10-7-20-35(31)22-27-13-17-29(34)18-14-27/h7,10-18,20,25,30H,4-6,8-9,19,21-24H2,1-3H3. The van der Waals surface area contributed by atoms with Crippen molar-refractivity contribution < 1.29 is 9.59 Å². The highest BCUT2D eigenvalue weighted by molar-refractivity contribution is 9.10. The monoisotopic (exact) mass is 591 g/mol. The lowest BCUT2D eigenvalue weighted by Gasteiger charge is -2.36. The van der Waals surface area contributed by atoms with Crippen molar-refractivity contribution in [2.24, 2.45) is 5.92 Å². The summed E-state index contributed by atoms with van der Waals surface area (Å²) in [6.07, 6.45) is 8.53. The van der Waals surface area contributed by atoms with Crippen molar-refractivity contribution in [3.8, 4) is 0 Å². The molecule has 1 heterocycles. The van der Waals surface area contributed by atoms with Crippen LogP contribution >= 0.6 is 15.9 Å². The Balaban J connectivity index is 1.55. The first-order chi connectivity index (χ1) is 18.8. The molecule has 0 unspecified atom stereocenters. The molecule has 0 bridgehead atoms. The van der Waals surface area contributed by atoms with Crippen LogP contribution < -0.4 is 0 Å². The summed E-state index contributed by atoms with van der Waals surface area (Å²) in [6.45, 7) is 8.34. The predicted octanol–water partition coefficient (Wildman–Crippen LogP) is 7.46. The number of nitrogens with zero attached hydrogens (tertiary/aromatic N) is 3. The first kappa shape index (κ1) is 29.1. The normalized spacial score (nSPS) is 14.0. The van der Waals surface area contributed by atoms with E-state index in [0.29, 0.717) is 24.6 Å². The van der Waals surface area contributed by atoms with Gasteiger partial charge in [-0.2, -0.15) is 0 Å². The van der Waals surface area contributed by atoms with Crippen molar-refractivity contribution in [3.63, 3.8) is 0 Å². The Morgan fingerprint density at radius 2 is 1.67 bits per heavy atom. The van der Waals surface area contributed by atoms with E-state index in [1.165, 1.54) is 12.0 Å². The van der Waals surface area contributed by atoms with E-state index < -0.39 is 0 Å². The van der Waals surface area contributed by atoms with Crippen LogP contribution in [0.2, 0.25) is 0 Å². The summed E-state index contributed by atoms with van der Waals surface area (Å²) in [6, 6.07) is 20.4. The van der Waals surface area contributed by atoms with Crippen molar-refractivity contribution in [2.45, 2.75) is 78.4 Å². The Hall–Kier alpha value is -2.86. The fraction of sp³-hybridized carbons (Fsp3) is 0.455. The van der Waals surface area contributed by atoms with Gasteiger partial charge in [-0.3, -0.25) is 9.59 Å². The van der Waals surface area contributed by atoms with Gasteiger partial charge in [0.25, 0.3) is 5.91 Å². The molecule has 4 rings (SSSR count). The van der Waals surface area contributed by atoms with Crippen LogP contribution in [0.25, 0.3) is 0 Å². The zero-order valence-corrected chi connectivity index (χ0v) is 25.2. The average Bonchev–Trinajstić information content (AvgIpc) is 3.37. The molecule has 0 spiro atoms. The molecule has 2 aromatic carbocycles. The molecular weight excluding hydrogens is 550 g/mol. The van der Waals surface area contributed by atoms with Crippen LogP contribution in [-0.4, -0.2) is 45.3 Å². The summed E-state index contributed by atoms with van der Waals surface area (Å²) in [5.74, 6) is 0.429. The second-order valence-corrected chi connectivity index (χ2v) is 12.3. The molecule has 1 aromatic heterocycles. The summed E-state index contributed by atoms with van der Waals surface area (Å²) in [7, 11) is 0. The minimum atomic E-state index is -0.0637. The van der Waals surface area contributed by atoms with Crippen LogP contribution in [0.15, 0.2) is 71.3 Å². The van der Waals surface area contributed by atoms with Crippen LogP contribution in [0, 0.1) is 12.8 Å². The summed E-state index contributed by atoms with van der Waals surface area (Å²) < 4.78 is 3.30. The Morgan fingerprint density at radius 3 is 2.33 bits per heavy atom. The highest BCUT2D eigenvalue weighted by Crippen LogP contribution is 2.25. The van der Waals surface area contributed by atoms with E-state index in [2.05, 4.69) is 81.8 Å². The van der Waals surface area contributed by atoms with Crippen LogP contribution in [0.5, 0.6) is 0 Å². The fourth-order valence-electron chi connectivity index (χ4n) is 5.32. The maximum atomic E-state index is 14.0. The van der Waals surface area contributed by atoms with Crippen LogP contribution in [0.1, 0.15) is 79.6 Å². The lowest BCUT2D eigenvalue weighted by Crippen LogP contribution is -2.48. The number of benzene rings is 2. The molecule has 0 N–H and O–H groups in total. The number of halogens is 1. The lowest BCUT2D eigenvalue weighted by atomic mass is 9.94. The number of hydrogen-bond acceptors (Lipinski definition) is 2. The molecule has 0 atom stereocenters. The molecule has 0 saturated heterocycles. The second-order valence-electron chi connectivity index (χ2n) is 11.3. The van der Waals surface area contributed by atoms with E-state index in [9.17, 15) is 9.59 Å². The number of rotatable bonds is 11. The Labute approximate surface area is 242 Å². The van der Waals surface area contributed by atoms with E-state index in [1.54, 1.807) is 4.90 Å². The third kappa shape index (κ3) is 8.31. The number of aryl methyl sites for hydroxylation is 1. The molecular formula is C33H42BrN3O2. The fourth-order valence-corrected chi connectivity index (χ4v) is 5.59. The summed E-state index contributed by atoms with van der Waals surface area (Å²) >= 11 is 3.52. The van der Waals surface area contributed by atoms with Gasteiger partial charge < -0.3 is 14.4 Å². The largest absolute Gasteiger partial charge is 0.345 e. The first-order valence-electron chi connectivity index (χ1n) is 14.3. The molecule has 0 radical (unpaired) electrons. The Kier molecular flexibility index (Phi) is 10.4. The van der Waals surface area contributed by atoms with E-state index in [1.807, 2.05) is 31.2 Å². The number of amides is 2. The highest BCUT2D eigenvalue weighted by Gasteiger charge is 2.29. The molecule has 6 heteroatoms. The molecule has 39 heavy (non-hydrogen) atoms. The van der Waals surface area contributed by atoms with Gasteiger partial charge in [0.1, 0.15) is 6.54 Å². The molecule has 2 amide bonds. The number of carbonyl (C=O) groups is 2. The van der Waals surface area contributed by atoms with Crippen molar-refractivity contribution in [2.75, 3.05) is 13.1 Å². The first-order valence-corrected chi connectivity index (χ1v) is 15.1. The maximum Gasteiger partial charge on any atom is 0.254 e. The van der Waals surface area contributed by atoms with Crippen LogP contribution in [-0.2, 0) is 17.9 Å².